The third kappa shape index (κ3) is 13.3. The van der Waals surface area contributed by atoms with Gasteiger partial charge in [0, 0.05) is 49.2 Å². The predicted octanol–water partition coefficient (Wildman–Crippen LogP) is 20.3. The van der Waals surface area contributed by atoms with Crippen molar-refractivity contribution in [3.63, 3.8) is 0 Å². The minimum absolute atomic E-state index is 0.115. The Bertz CT molecular complexity index is 5590. The van der Waals surface area contributed by atoms with Gasteiger partial charge in [0.15, 0.2) is 34.9 Å². The van der Waals surface area contributed by atoms with Gasteiger partial charge in [0.25, 0.3) is 0 Å². The number of alkyl halides is 1. The van der Waals surface area contributed by atoms with Crippen molar-refractivity contribution < 1.29 is 27.3 Å². The van der Waals surface area contributed by atoms with Crippen LogP contribution in [0, 0.1) is 47.3 Å². The Morgan fingerprint density at radius 3 is 0.928 bits per heavy atom. The zero-order valence-electron chi connectivity index (χ0n) is 61.8. The summed E-state index contributed by atoms with van der Waals surface area (Å²) >= 11 is 9.45. The Kier molecular flexibility index (Phi) is 19.7. The van der Waals surface area contributed by atoms with E-state index in [4.69, 9.17) is 41.5 Å². The molecule has 0 amide bonds. The van der Waals surface area contributed by atoms with Gasteiger partial charge in [0.2, 0.25) is 0 Å². The number of benzene rings is 12. The minimum atomic E-state index is -1.39. The van der Waals surface area contributed by atoms with Crippen LogP contribution in [-0.4, -0.2) is 52.0 Å². The molecule has 8 bridgehead atoms. The summed E-state index contributed by atoms with van der Waals surface area (Å²) < 4.78 is 0. The van der Waals surface area contributed by atoms with Crippen LogP contribution in [0.5, 0.6) is 0 Å². The summed E-state index contributed by atoms with van der Waals surface area (Å²) in [6.45, 7) is 0. The molecule has 546 valence electrons. The Labute approximate surface area is 676 Å². The maximum absolute atomic E-state index is 9.77. The maximum Gasteiger partial charge on any atom is 0.488 e. The molecule has 2 spiro atoms. The standard InChI is InChI=1S/C49H39N3.C27H18ClN3.C22H23BO2.CH3I2/c1-4-12-33(13-5-1)37-27-38(29-39(28-37)48-51-46(34-14-6-2-7-15-34)50-47(52-48)35-16-8-3-9-17-35)36-20-21-43-42-18-10-11-19-44(42)49(45(43)30-36)40-23-31-22-32(25-40)26-41(49)24-31;28-24-17-22(19-10-4-1-5-11-19)16-23(18-24)27-30-25(20-12-6-2-7-13-20)29-26(31-27)21-14-8-3-9-15-21;24-23(25)17-5-6-19-18-3-1-2-4-20(18)22(21(19)12-17)15-8-13-7-14(10-15)11-16(22)9-13;1-3-2/h1-21,27-32,40-41H,22-26H2;1-18H;1-6,12-16,24-25H,7-11H2;1H3/q;;;-1. The molecular weight excluding hydrogens is 1610 g/mol. The van der Waals surface area contributed by atoms with Crippen molar-refractivity contribution in [2.75, 3.05) is 4.93 Å². The third-order valence-corrected chi connectivity index (χ3v) is 25.9. The quantitative estimate of drug-likeness (QED) is 0.0790. The molecule has 111 heavy (non-hydrogen) atoms. The fraction of sp³-hybridized carbons (Fsp3) is 0.212. The van der Waals surface area contributed by atoms with Crippen LogP contribution in [0.25, 0.3) is 124 Å². The summed E-state index contributed by atoms with van der Waals surface area (Å²) in [4.78, 5) is 31.8. The van der Waals surface area contributed by atoms with Crippen LogP contribution in [0.4, 0.5) is 0 Å². The summed E-state index contributed by atoms with van der Waals surface area (Å²) in [6.07, 6.45) is 13.8. The molecule has 0 saturated heterocycles. The fourth-order valence-electron chi connectivity index (χ4n) is 21.8. The monoisotopic (exact) mass is 1690 g/mol. The average Bonchev–Trinajstić information content (AvgIpc) is 1.55. The summed E-state index contributed by atoms with van der Waals surface area (Å²) in [7, 11) is -1.39. The van der Waals surface area contributed by atoms with E-state index in [-0.39, 0.29) is 10.8 Å². The van der Waals surface area contributed by atoms with Crippen LogP contribution in [0.2, 0.25) is 5.02 Å². The van der Waals surface area contributed by atoms with Crippen LogP contribution in [0.1, 0.15) is 86.5 Å². The summed E-state index contributed by atoms with van der Waals surface area (Å²) in [5.74, 6) is 10.5. The number of hydrogen-bond acceptors (Lipinski definition) is 8. The zero-order chi connectivity index (χ0) is 74.7. The number of halogens is 3. The van der Waals surface area contributed by atoms with Gasteiger partial charge in [-0.2, -0.15) is 0 Å². The van der Waals surface area contributed by atoms with Gasteiger partial charge in [0.05, 0.1) is 0 Å². The van der Waals surface area contributed by atoms with Crippen molar-refractivity contribution in [2.24, 2.45) is 47.3 Å². The molecule has 12 heteroatoms. The molecule has 8 fully saturated rings. The normalized spacial score (nSPS) is 22.4. The Balaban J connectivity index is 0.000000120. The van der Waals surface area contributed by atoms with E-state index in [0.717, 1.165) is 97.4 Å². The maximum atomic E-state index is 9.77. The first kappa shape index (κ1) is 71.7. The first-order valence-electron chi connectivity index (χ1n) is 39.3. The number of rotatable bonds is 10. The van der Waals surface area contributed by atoms with Crippen LogP contribution in [0.15, 0.2) is 303 Å². The molecule has 14 aromatic rings. The van der Waals surface area contributed by atoms with Gasteiger partial charge in [-0.3, -0.25) is 0 Å². The second kappa shape index (κ2) is 30.5. The van der Waals surface area contributed by atoms with Gasteiger partial charge in [-0.15, -0.1) is 0 Å². The van der Waals surface area contributed by atoms with E-state index in [9.17, 15) is 10.0 Å². The first-order chi connectivity index (χ1) is 54.5. The third-order valence-electron chi connectivity index (χ3n) is 25.7. The molecule has 12 aromatic carbocycles. The summed E-state index contributed by atoms with van der Waals surface area (Å²) in [5.41, 5.74) is 25.1. The van der Waals surface area contributed by atoms with Crippen molar-refractivity contribution in [3.05, 3.63) is 331 Å². The summed E-state index contributed by atoms with van der Waals surface area (Å²) in [6, 6.07) is 106. The Hall–Kier alpha value is -9.61. The second-order valence-corrected chi connectivity index (χ2v) is 38.6. The van der Waals surface area contributed by atoms with Crippen LogP contribution < -0.4 is 22.7 Å². The van der Waals surface area contributed by atoms with E-state index in [1.807, 2.05) is 133 Å². The van der Waals surface area contributed by atoms with Crippen LogP contribution in [-0.2, 0) is 10.8 Å². The molecule has 2 N–H and O–H groups in total. The number of nitrogens with zero attached hydrogens (tertiary/aromatic N) is 6. The number of hydrogen-bond donors (Lipinski definition) is 2. The van der Waals surface area contributed by atoms with Gasteiger partial charge < -0.3 is 10.0 Å². The molecule has 24 rings (SSSR count). The van der Waals surface area contributed by atoms with Gasteiger partial charge in [-0.1, -0.05) is 272 Å². The first-order valence-corrected chi connectivity index (χ1v) is 48.1. The molecule has 2 aromatic heterocycles. The van der Waals surface area contributed by atoms with Crippen molar-refractivity contribution in [3.8, 4) is 124 Å². The number of aromatic nitrogens is 6. The molecule has 0 atom stereocenters. The van der Waals surface area contributed by atoms with E-state index >= 15 is 0 Å². The van der Waals surface area contributed by atoms with Gasteiger partial charge in [-0.05, 0) is 237 Å². The SMILES string of the molecule is C[I-]I.Clc1cc(-c2ccccc2)cc(-c2nc(-c3ccccc3)nc(-c3ccccc3)n2)c1.OB(O)c1ccc2c(c1)C1(c3ccccc3-2)C2CC3CC(C2)CC1C3.c1ccc(-c2cc(-c3ccc4c(c3)C3(c5ccccc5-4)C4CC5CC(C4)CC3C5)cc(-c3nc(-c4ccccc4)nc(-c4ccccc4)n3)c2)cc1. The molecule has 8 nitrogen and oxygen atoms in total. The molecule has 10 aliphatic rings. The molecule has 10 aliphatic carbocycles. The van der Waals surface area contributed by atoms with Gasteiger partial charge in [0.1, 0.15) is 0 Å². The van der Waals surface area contributed by atoms with Gasteiger partial charge in [-0.25, -0.2) is 29.9 Å². The number of fused-ring (bicyclic) bond motifs is 6. The zero-order valence-corrected chi connectivity index (χ0v) is 66.9. The van der Waals surface area contributed by atoms with Crippen molar-refractivity contribution in [1.29, 1.82) is 0 Å². The Morgan fingerprint density at radius 2 is 0.559 bits per heavy atom. The van der Waals surface area contributed by atoms with E-state index in [1.165, 1.54) is 114 Å². The van der Waals surface area contributed by atoms with Crippen molar-refractivity contribution >= 4 is 42.8 Å². The minimum Gasteiger partial charge on any atom is -0.423 e. The molecule has 0 radical (unpaired) electrons. The van der Waals surface area contributed by atoms with Crippen molar-refractivity contribution in [1.82, 2.24) is 29.9 Å². The van der Waals surface area contributed by atoms with E-state index < -0.39 is 7.12 Å². The smallest absolute Gasteiger partial charge is 0.423 e. The average molecular weight is 1690 g/mol. The van der Waals surface area contributed by atoms with E-state index in [1.54, 1.807) is 11.1 Å². The molecular formula is C99H83BClI2N6O2-. The van der Waals surface area contributed by atoms with E-state index in [0.29, 0.717) is 62.7 Å². The summed E-state index contributed by atoms with van der Waals surface area (Å²) in [5, 5.41) is 20.2. The molecule has 0 unspecified atom stereocenters. The molecule has 2 heterocycles. The van der Waals surface area contributed by atoms with Gasteiger partial charge >= 0.3 is 47.9 Å². The largest absolute Gasteiger partial charge is 0.488 e. The van der Waals surface area contributed by atoms with Crippen molar-refractivity contribution in [2.45, 2.75) is 75.0 Å². The molecule has 0 aliphatic heterocycles. The predicted molar refractivity (Wildman–Crippen MR) is 456 cm³/mol. The second-order valence-electron chi connectivity index (χ2n) is 31.9. The van der Waals surface area contributed by atoms with E-state index in [2.05, 4.69) is 193 Å². The molecule has 8 saturated carbocycles. The van der Waals surface area contributed by atoms with Crippen LogP contribution >= 0.6 is 30.2 Å². The van der Waals surface area contributed by atoms with Crippen LogP contribution in [0.3, 0.4) is 0 Å². The fourth-order valence-corrected chi connectivity index (χ4v) is 22.0. The topological polar surface area (TPSA) is 118 Å². The Morgan fingerprint density at radius 1 is 0.288 bits per heavy atom.